The Morgan fingerprint density at radius 2 is 1.50 bits per heavy atom. The minimum Gasteiger partial charge on any atom is -0.384 e. The predicted octanol–water partition coefficient (Wildman–Crippen LogP) is -0.823. The Kier molecular flexibility index (Phi) is 4.63. The largest absolute Gasteiger partial charge is 0.384 e. The first kappa shape index (κ1) is 18.2. The summed E-state index contributed by atoms with van der Waals surface area (Å²) in [6.07, 6.45) is 0. The molecule has 0 atom stereocenters. The molecule has 9 nitrogen and oxygen atoms in total. The fourth-order valence-electron chi connectivity index (χ4n) is 3.03. The molecular formula is C16H21N5O4S. The minimum atomic E-state index is -4.10. The molecule has 2 N–H and O–H groups in total. The summed E-state index contributed by atoms with van der Waals surface area (Å²) >= 11 is 0. The third-order valence-corrected chi connectivity index (χ3v) is 6.57. The molecule has 0 radical (unpaired) electrons. The van der Waals surface area contributed by atoms with E-state index in [4.69, 9.17) is 5.73 Å². The van der Waals surface area contributed by atoms with Gasteiger partial charge in [-0.2, -0.15) is 4.31 Å². The number of nitrogens with zero attached hydrogens (tertiary/aromatic N) is 4. The van der Waals surface area contributed by atoms with Gasteiger partial charge in [0.25, 0.3) is 15.6 Å². The van der Waals surface area contributed by atoms with Gasteiger partial charge >= 0.3 is 5.69 Å². The molecule has 1 saturated heterocycles. The summed E-state index contributed by atoms with van der Waals surface area (Å²) in [5, 5.41) is 0. The second-order valence-electron chi connectivity index (χ2n) is 6.15. The van der Waals surface area contributed by atoms with Crippen molar-refractivity contribution < 1.29 is 8.42 Å². The molecule has 2 aromatic rings. The summed E-state index contributed by atoms with van der Waals surface area (Å²) in [4.78, 5) is 25.8. The number of para-hydroxylation sites is 1. The van der Waals surface area contributed by atoms with Crippen molar-refractivity contribution in [1.82, 2.24) is 13.4 Å². The lowest BCUT2D eigenvalue weighted by molar-refractivity contribution is 0.383. The number of hydrogen-bond acceptors (Lipinski definition) is 6. The molecule has 0 bridgehead atoms. The van der Waals surface area contributed by atoms with Gasteiger partial charge in [0.05, 0.1) is 0 Å². The van der Waals surface area contributed by atoms with Gasteiger partial charge in [-0.3, -0.25) is 13.9 Å². The molecular weight excluding hydrogens is 358 g/mol. The van der Waals surface area contributed by atoms with E-state index in [1.807, 2.05) is 30.3 Å². The molecule has 2 heterocycles. The van der Waals surface area contributed by atoms with E-state index in [2.05, 4.69) is 4.90 Å². The number of benzene rings is 1. The Labute approximate surface area is 150 Å². The van der Waals surface area contributed by atoms with Gasteiger partial charge < -0.3 is 10.6 Å². The Hall–Kier alpha value is -2.59. The molecule has 1 aromatic heterocycles. The van der Waals surface area contributed by atoms with E-state index in [1.165, 1.54) is 18.4 Å². The van der Waals surface area contributed by atoms with Crippen molar-refractivity contribution in [3.63, 3.8) is 0 Å². The van der Waals surface area contributed by atoms with Gasteiger partial charge in [0.2, 0.25) is 0 Å². The van der Waals surface area contributed by atoms with Crippen LogP contribution < -0.4 is 21.9 Å². The zero-order chi connectivity index (χ0) is 19.1. The van der Waals surface area contributed by atoms with Crippen LogP contribution in [0.4, 0.5) is 11.5 Å². The van der Waals surface area contributed by atoms with E-state index >= 15 is 0 Å². The van der Waals surface area contributed by atoms with E-state index in [-0.39, 0.29) is 18.9 Å². The highest BCUT2D eigenvalue weighted by Gasteiger charge is 2.34. The average molecular weight is 379 g/mol. The lowest BCUT2D eigenvalue weighted by Gasteiger charge is -2.35. The van der Waals surface area contributed by atoms with Crippen LogP contribution in [0.2, 0.25) is 0 Å². The number of hydrogen-bond donors (Lipinski definition) is 1. The molecule has 1 aliphatic rings. The van der Waals surface area contributed by atoms with E-state index in [1.54, 1.807) is 0 Å². The second-order valence-corrected chi connectivity index (χ2v) is 8.02. The quantitative estimate of drug-likeness (QED) is 0.746. The monoisotopic (exact) mass is 379 g/mol. The Morgan fingerprint density at radius 1 is 0.923 bits per heavy atom. The first-order valence-corrected chi connectivity index (χ1v) is 9.55. The molecule has 0 unspecified atom stereocenters. The number of piperazine rings is 1. The lowest BCUT2D eigenvalue weighted by Crippen LogP contribution is -2.51. The SMILES string of the molecule is Cn1c(N)c(S(=O)(=O)N2CCN(c3ccccc3)CC2)c(=O)n(C)c1=O. The minimum absolute atomic E-state index is 0.225. The normalized spacial score (nSPS) is 16.0. The standard InChI is InChI=1S/C16H21N5O4S/c1-18-14(17)13(15(22)19(2)16(18)23)26(24,25)21-10-8-20(9-11-21)12-6-4-3-5-7-12/h3-7H,8-11,17H2,1-2H3. The number of rotatable bonds is 3. The average Bonchev–Trinajstić information content (AvgIpc) is 2.65. The molecule has 0 spiro atoms. The van der Waals surface area contributed by atoms with E-state index in [0.717, 1.165) is 14.8 Å². The van der Waals surface area contributed by atoms with Crippen LogP contribution in [0.25, 0.3) is 0 Å². The molecule has 1 aromatic carbocycles. The molecule has 10 heteroatoms. The summed E-state index contributed by atoms with van der Waals surface area (Å²) in [6, 6.07) is 9.69. The molecule has 3 rings (SSSR count). The van der Waals surface area contributed by atoms with Gasteiger partial charge in [-0.05, 0) is 12.1 Å². The summed E-state index contributed by atoms with van der Waals surface area (Å²) in [5.74, 6) is -0.344. The first-order chi connectivity index (χ1) is 12.2. The van der Waals surface area contributed by atoms with E-state index in [0.29, 0.717) is 13.1 Å². The van der Waals surface area contributed by atoms with Crippen LogP contribution in [0, 0.1) is 0 Å². The van der Waals surface area contributed by atoms with E-state index in [9.17, 15) is 18.0 Å². The van der Waals surface area contributed by atoms with Gasteiger partial charge in [0.15, 0.2) is 4.90 Å². The van der Waals surface area contributed by atoms with Gasteiger partial charge in [-0.1, -0.05) is 18.2 Å². The zero-order valence-corrected chi connectivity index (χ0v) is 15.4. The van der Waals surface area contributed by atoms with Crippen LogP contribution >= 0.6 is 0 Å². The van der Waals surface area contributed by atoms with Crippen molar-refractivity contribution in [1.29, 1.82) is 0 Å². The number of aromatic nitrogens is 2. The van der Waals surface area contributed by atoms with Gasteiger partial charge in [0.1, 0.15) is 5.82 Å². The van der Waals surface area contributed by atoms with Crippen molar-refractivity contribution in [2.45, 2.75) is 4.90 Å². The highest BCUT2D eigenvalue weighted by Crippen LogP contribution is 2.21. The molecule has 140 valence electrons. The van der Waals surface area contributed by atoms with Crippen LogP contribution in [-0.2, 0) is 24.1 Å². The zero-order valence-electron chi connectivity index (χ0n) is 14.6. The third kappa shape index (κ3) is 2.90. The maximum absolute atomic E-state index is 13.0. The van der Waals surface area contributed by atoms with Crippen molar-refractivity contribution >= 4 is 21.5 Å². The lowest BCUT2D eigenvalue weighted by atomic mass is 10.2. The van der Waals surface area contributed by atoms with Crippen molar-refractivity contribution in [2.24, 2.45) is 14.1 Å². The van der Waals surface area contributed by atoms with Crippen LogP contribution in [0.3, 0.4) is 0 Å². The van der Waals surface area contributed by atoms with Crippen molar-refractivity contribution in [3.8, 4) is 0 Å². The van der Waals surface area contributed by atoms with Crippen LogP contribution in [0.1, 0.15) is 0 Å². The number of nitrogens with two attached hydrogens (primary N) is 1. The van der Waals surface area contributed by atoms with Crippen LogP contribution in [0.5, 0.6) is 0 Å². The fourth-order valence-corrected chi connectivity index (χ4v) is 4.69. The summed E-state index contributed by atoms with van der Waals surface area (Å²) in [6.45, 7) is 1.44. The van der Waals surface area contributed by atoms with Crippen LogP contribution in [0.15, 0.2) is 44.8 Å². The molecule has 0 amide bonds. The Morgan fingerprint density at radius 3 is 2.08 bits per heavy atom. The molecule has 0 saturated carbocycles. The molecule has 0 aliphatic carbocycles. The topological polar surface area (TPSA) is 111 Å². The highest BCUT2D eigenvalue weighted by molar-refractivity contribution is 7.89. The molecule has 1 aliphatic heterocycles. The maximum atomic E-state index is 13.0. The third-order valence-electron chi connectivity index (χ3n) is 4.62. The predicted molar refractivity (Wildman–Crippen MR) is 98.8 cm³/mol. The Balaban J connectivity index is 1.92. The summed E-state index contributed by atoms with van der Waals surface area (Å²) < 4.78 is 28.9. The highest BCUT2D eigenvalue weighted by atomic mass is 32.2. The maximum Gasteiger partial charge on any atom is 0.332 e. The molecule has 26 heavy (non-hydrogen) atoms. The number of anilines is 2. The van der Waals surface area contributed by atoms with E-state index < -0.39 is 26.2 Å². The molecule has 1 fully saturated rings. The van der Waals surface area contributed by atoms with Crippen LogP contribution in [-0.4, -0.2) is 48.0 Å². The van der Waals surface area contributed by atoms with Crippen molar-refractivity contribution in [2.75, 3.05) is 36.8 Å². The smallest absolute Gasteiger partial charge is 0.332 e. The Bertz CT molecular complexity index is 1030. The second kappa shape index (κ2) is 6.61. The number of nitrogen functional groups attached to an aromatic ring is 1. The van der Waals surface area contributed by atoms with Gasteiger partial charge in [-0.15, -0.1) is 0 Å². The number of sulfonamides is 1. The van der Waals surface area contributed by atoms with Crippen molar-refractivity contribution in [3.05, 3.63) is 51.2 Å². The first-order valence-electron chi connectivity index (χ1n) is 8.11. The summed E-state index contributed by atoms with van der Waals surface area (Å²) in [7, 11) is -1.53. The van der Waals surface area contributed by atoms with Gasteiger partial charge in [0, 0.05) is 46.0 Å². The van der Waals surface area contributed by atoms with Gasteiger partial charge in [-0.25, -0.2) is 13.2 Å². The summed E-state index contributed by atoms with van der Waals surface area (Å²) in [5.41, 5.74) is 5.24. The fraction of sp³-hybridized carbons (Fsp3) is 0.375.